The van der Waals surface area contributed by atoms with Gasteiger partial charge >= 0.3 is 0 Å². The van der Waals surface area contributed by atoms with E-state index in [4.69, 9.17) is 4.42 Å². The zero-order chi connectivity index (χ0) is 20.4. The molecule has 2 aromatic carbocycles. The maximum Gasteiger partial charge on any atom is 0.289 e. The summed E-state index contributed by atoms with van der Waals surface area (Å²) in [5.41, 5.74) is 3.72. The number of rotatable bonds is 4. The van der Waals surface area contributed by atoms with Crippen molar-refractivity contribution >= 4 is 28.5 Å². The molecule has 0 atom stereocenters. The Hall–Kier alpha value is -3.12. The van der Waals surface area contributed by atoms with Crippen LogP contribution in [0.2, 0.25) is 0 Å². The summed E-state index contributed by atoms with van der Waals surface area (Å²) in [6.45, 7) is 6.77. The monoisotopic (exact) mass is 391 g/mol. The quantitative estimate of drug-likeness (QED) is 0.740. The third kappa shape index (κ3) is 4.17. The van der Waals surface area contributed by atoms with E-state index in [2.05, 4.69) is 10.2 Å². The molecule has 0 bridgehead atoms. The molecule has 1 saturated heterocycles. The van der Waals surface area contributed by atoms with E-state index in [1.807, 2.05) is 56.3 Å². The Morgan fingerprint density at radius 3 is 2.34 bits per heavy atom. The van der Waals surface area contributed by atoms with E-state index in [0.29, 0.717) is 38.5 Å². The Morgan fingerprint density at radius 2 is 1.66 bits per heavy atom. The molecule has 4 rings (SSSR count). The summed E-state index contributed by atoms with van der Waals surface area (Å²) in [7, 11) is 0. The third-order valence-electron chi connectivity index (χ3n) is 5.41. The van der Waals surface area contributed by atoms with Crippen molar-refractivity contribution in [1.82, 2.24) is 9.80 Å². The largest absolute Gasteiger partial charge is 0.451 e. The van der Waals surface area contributed by atoms with Crippen LogP contribution in [0.1, 0.15) is 21.7 Å². The Kier molecular flexibility index (Phi) is 5.36. The van der Waals surface area contributed by atoms with Crippen molar-refractivity contribution < 1.29 is 14.0 Å². The van der Waals surface area contributed by atoms with Crippen molar-refractivity contribution in [2.75, 3.05) is 38.0 Å². The van der Waals surface area contributed by atoms with Gasteiger partial charge in [0.25, 0.3) is 5.91 Å². The lowest BCUT2D eigenvalue weighted by atomic mass is 10.1. The molecule has 3 aromatic rings. The fourth-order valence-corrected chi connectivity index (χ4v) is 3.75. The first-order valence-electron chi connectivity index (χ1n) is 9.87. The van der Waals surface area contributed by atoms with Crippen molar-refractivity contribution in [3.8, 4) is 0 Å². The smallest absolute Gasteiger partial charge is 0.289 e. The number of amides is 2. The summed E-state index contributed by atoms with van der Waals surface area (Å²) in [6, 6.07) is 15.4. The molecule has 1 N–H and O–H groups in total. The SMILES string of the molecule is Cc1cccc(C)c1NC(=O)CN1CCN(C(=O)c2cc3ccccc3o2)CC1. The van der Waals surface area contributed by atoms with E-state index in [1.165, 1.54) is 0 Å². The minimum atomic E-state index is -0.0964. The van der Waals surface area contributed by atoms with Crippen molar-refractivity contribution in [2.24, 2.45) is 0 Å². The van der Waals surface area contributed by atoms with Crippen molar-refractivity contribution in [3.63, 3.8) is 0 Å². The van der Waals surface area contributed by atoms with Crippen molar-refractivity contribution in [2.45, 2.75) is 13.8 Å². The molecule has 29 heavy (non-hydrogen) atoms. The standard InChI is InChI=1S/C23H25N3O3/c1-16-6-5-7-17(2)22(16)24-21(27)15-25-10-12-26(13-11-25)23(28)20-14-18-8-3-4-9-19(18)29-20/h3-9,14H,10-13,15H2,1-2H3,(H,24,27). The molecule has 0 radical (unpaired) electrons. The number of aryl methyl sites for hydroxylation is 2. The molecule has 6 heteroatoms. The molecule has 6 nitrogen and oxygen atoms in total. The van der Waals surface area contributed by atoms with Crippen LogP contribution in [0.25, 0.3) is 11.0 Å². The number of nitrogens with zero attached hydrogens (tertiary/aromatic N) is 2. The van der Waals surface area contributed by atoms with Gasteiger partial charge in [-0.3, -0.25) is 14.5 Å². The lowest BCUT2D eigenvalue weighted by Gasteiger charge is -2.33. The lowest BCUT2D eigenvalue weighted by molar-refractivity contribution is -0.117. The predicted molar refractivity (Wildman–Crippen MR) is 113 cm³/mol. The topological polar surface area (TPSA) is 65.8 Å². The van der Waals surface area contributed by atoms with Gasteiger partial charge in [-0.05, 0) is 37.1 Å². The number of anilines is 1. The second-order valence-electron chi connectivity index (χ2n) is 7.53. The van der Waals surface area contributed by atoms with Gasteiger partial charge in [0.2, 0.25) is 5.91 Å². The van der Waals surface area contributed by atoms with Crippen LogP contribution in [0, 0.1) is 13.8 Å². The first-order valence-corrected chi connectivity index (χ1v) is 9.87. The highest BCUT2D eigenvalue weighted by Gasteiger charge is 2.25. The minimum absolute atomic E-state index is 0.0283. The number of piperazine rings is 1. The Morgan fingerprint density at radius 1 is 0.966 bits per heavy atom. The molecular weight excluding hydrogens is 366 g/mol. The van der Waals surface area contributed by atoms with Crippen LogP contribution in [0.15, 0.2) is 52.9 Å². The van der Waals surface area contributed by atoms with Gasteiger partial charge in [0, 0.05) is 37.3 Å². The van der Waals surface area contributed by atoms with E-state index < -0.39 is 0 Å². The molecule has 0 unspecified atom stereocenters. The molecule has 0 saturated carbocycles. The molecule has 1 aliphatic rings. The summed E-state index contributed by atoms with van der Waals surface area (Å²) >= 11 is 0. The average Bonchev–Trinajstić information content (AvgIpc) is 3.15. The summed E-state index contributed by atoms with van der Waals surface area (Å²) in [6.07, 6.45) is 0. The maximum atomic E-state index is 12.7. The van der Waals surface area contributed by atoms with Gasteiger partial charge in [-0.15, -0.1) is 0 Å². The highest BCUT2D eigenvalue weighted by Crippen LogP contribution is 2.21. The van der Waals surface area contributed by atoms with Crippen LogP contribution in [-0.4, -0.2) is 54.3 Å². The molecule has 0 spiro atoms. The summed E-state index contributed by atoms with van der Waals surface area (Å²) in [5, 5.41) is 3.95. The number of benzene rings is 2. The maximum absolute atomic E-state index is 12.7. The molecular formula is C23H25N3O3. The van der Waals surface area contributed by atoms with Gasteiger partial charge in [-0.25, -0.2) is 0 Å². The van der Waals surface area contributed by atoms with E-state index >= 15 is 0 Å². The fourth-order valence-electron chi connectivity index (χ4n) is 3.75. The summed E-state index contributed by atoms with van der Waals surface area (Å²) in [4.78, 5) is 29.1. The van der Waals surface area contributed by atoms with E-state index in [-0.39, 0.29) is 11.8 Å². The number of furan rings is 1. The van der Waals surface area contributed by atoms with E-state index in [1.54, 1.807) is 11.0 Å². The highest BCUT2D eigenvalue weighted by molar-refractivity contribution is 5.96. The number of hydrogen-bond donors (Lipinski definition) is 1. The van der Waals surface area contributed by atoms with Crippen LogP contribution in [0.3, 0.4) is 0 Å². The summed E-state index contributed by atoms with van der Waals surface area (Å²) < 4.78 is 5.69. The Labute approximate surface area is 170 Å². The molecule has 1 fully saturated rings. The van der Waals surface area contributed by atoms with E-state index in [9.17, 15) is 9.59 Å². The fraction of sp³-hybridized carbons (Fsp3) is 0.304. The number of para-hydroxylation sites is 2. The zero-order valence-corrected chi connectivity index (χ0v) is 16.8. The average molecular weight is 391 g/mol. The number of nitrogens with one attached hydrogen (secondary N) is 1. The number of carbonyl (C=O) groups excluding carboxylic acids is 2. The van der Waals surface area contributed by atoms with Crippen LogP contribution in [0.4, 0.5) is 5.69 Å². The van der Waals surface area contributed by atoms with Gasteiger partial charge in [0.15, 0.2) is 5.76 Å². The van der Waals surface area contributed by atoms with Crippen LogP contribution < -0.4 is 5.32 Å². The molecule has 1 aliphatic heterocycles. The second-order valence-corrected chi connectivity index (χ2v) is 7.53. The molecule has 0 aliphatic carbocycles. The first kappa shape index (κ1) is 19.2. The van der Waals surface area contributed by atoms with Crippen LogP contribution in [0.5, 0.6) is 0 Å². The molecule has 2 amide bonds. The number of hydrogen-bond acceptors (Lipinski definition) is 4. The Bertz CT molecular complexity index is 995. The summed E-state index contributed by atoms with van der Waals surface area (Å²) in [5.74, 6) is 0.243. The Balaban J connectivity index is 1.32. The van der Waals surface area contributed by atoms with Gasteiger partial charge in [0.1, 0.15) is 5.58 Å². The molecule has 150 valence electrons. The van der Waals surface area contributed by atoms with Gasteiger partial charge in [-0.2, -0.15) is 0 Å². The minimum Gasteiger partial charge on any atom is -0.451 e. The van der Waals surface area contributed by atoms with Crippen molar-refractivity contribution in [1.29, 1.82) is 0 Å². The van der Waals surface area contributed by atoms with Gasteiger partial charge < -0.3 is 14.6 Å². The molecule has 2 heterocycles. The van der Waals surface area contributed by atoms with Gasteiger partial charge in [-0.1, -0.05) is 36.4 Å². The lowest BCUT2D eigenvalue weighted by Crippen LogP contribution is -2.50. The second kappa shape index (κ2) is 8.09. The predicted octanol–water partition coefficient (Wildman–Crippen LogP) is 3.45. The van der Waals surface area contributed by atoms with Gasteiger partial charge in [0.05, 0.1) is 6.54 Å². The number of carbonyl (C=O) groups is 2. The third-order valence-corrected chi connectivity index (χ3v) is 5.41. The molecule has 1 aromatic heterocycles. The normalized spacial score (nSPS) is 14.9. The van der Waals surface area contributed by atoms with Crippen molar-refractivity contribution in [3.05, 3.63) is 65.4 Å². The van der Waals surface area contributed by atoms with Crippen LogP contribution in [-0.2, 0) is 4.79 Å². The first-order chi connectivity index (χ1) is 14.0. The highest BCUT2D eigenvalue weighted by atomic mass is 16.3. The number of fused-ring (bicyclic) bond motifs is 1. The zero-order valence-electron chi connectivity index (χ0n) is 16.8. The van der Waals surface area contributed by atoms with Crippen LogP contribution >= 0.6 is 0 Å². The van der Waals surface area contributed by atoms with E-state index in [0.717, 1.165) is 27.8 Å².